The summed E-state index contributed by atoms with van der Waals surface area (Å²) in [6.45, 7) is 9.68. The van der Waals surface area contributed by atoms with Gasteiger partial charge in [-0.15, -0.1) is 0 Å². The summed E-state index contributed by atoms with van der Waals surface area (Å²) < 4.78 is 3.28. The van der Waals surface area contributed by atoms with E-state index in [4.69, 9.17) is 0 Å². The maximum Gasteiger partial charge on any atom is 0.0739 e. The van der Waals surface area contributed by atoms with Crippen molar-refractivity contribution in [3.8, 4) is 0 Å². The Morgan fingerprint density at radius 2 is 2.18 bits per heavy atom. The first-order chi connectivity index (χ1) is 8.02. The van der Waals surface area contributed by atoms with E-state index in [1.165, 1.54) is 23.1 Å². The van der Waals surface area contributed by atoms with Gasteiger partial charge in [-0.2, -0.15) is 5.10 Å². The second-order valence-corrected chi connectivity index (χ2v) is 6.12. The largest absolute Gasteiger partial charge is 0.300 e. The summed E-state index contributed by atoms with van der Waals surface area (Å²) in [6.07, 6.45) is 1.40. The summed E-state index contributed by atoms with van der Waals surface area (Å²) in [4.78, 5) is 2.42. The van der Waals surface area contributed by atoms with Crippen LogP contribution in [0.3, 0.4) is 0 Å². The van der Waals surface area contributed by atoms with Gasteiger partial charge in [-0.3, -0.25) is 4.68 Å². The Labute approximate surface area is 112 Å². The molecule has 2 atom stereocenters. The fourth-order valence-corrected chi connectivity index (χ4v) is 2.80. The molecule has 1 aliphatic rings. The van der Waals surface area contributed by atoms with Gasteiger partial charge in [-0.1, -0.05) is 6.92 Å². The van der Waals surface area contributed by atoms with Crippen molar-refractivity contribution in [2.24, 2.45) is 11.8 Å². The molecule has 0 amide bonds. The minimum absolute atomic E-state index is 0.915. The molecule has 1 fully saturated rings. The first kappa shape index (κ1) is 13.1. The van der Waals surface area contributed by atoms with E-state index in [1.54, 1.807) is 0 Å². The van der Waals surface area contributed by atoms with E-state index in [2.05, 4.69) is 58.4 Å². The summed E-state index contributed by atoms with van der Waals surface area (Å²) in [7, 11) is 2.21. The normalized spacial score (nSPS) is 23.4. The molecule has 0 bridgehead atoms. The van der Waals surface area contributed by atoms with Crippen LogP contribution in [-0.4, -0.2) is 28.3 Å². The molecule has 2 rings (SSSR count). The number of hydrogen-bond donors (Lipinski definition) is 0. The molecule has 4 heteroatoms. The molecule has 1 aromatic heterocycles. The van der Waals surface area contributed by atoms with Crippen LogP contribution in [0.25, 0.3) is 0 Å². The Balaban J connectivity index is 2.01. The van der Waals surface area contributed by atoms with Gasteiger partial charge in [0.25, 0.3) is 0 Å². The van der Waals surface area contributed by atoms with Crippen LogP contribution in [0.5, 0.6) is 0 Å². The molecule has 0 aliphatic heterocycles. The first-order valence-electron chi connectivity index (χ1n) is 6.43. The lowest BCUT2D eigenvalue weighted by atomic mass is 10.3. The number of rotatable bonds is 5. The van der Waals surface area contributed by atoms with Crippen LogP contribution in [0, 0.1) is 18.8 Å². The molecule has 1 aliphatic carbocycles. The van der Waals surface area contributed by atoms with Gasteiger partial charge in [0, 0.05) is 19.6 Å². The van der Waals surface area contributed by atoms with Gasteiger partial charge in [-0.05, 0) is 55.1 Å². The second-order valence-electron chi connectivity index (χ2n) is 5.33. The van der Waals surface area contributed by atoms with Gasteiger partial charge in [0.15, 0.2) is 0 Å². The summed E-state index contributed by atoms with van der Waals surface area (Å²) in [5.74, 6) is 1.84. The Bertz CT molecular complexity index is 400. The average Bonchev–Trinajstić information content (AvgIpc) is 2.90. The number of nitrogens with zero attached hydrogens (tertiary/aromatic N) is 3. The molecule has 0 radical (unpaired) electrons. The maximum absolute atomic E-state index is 4.53. The Kier molecular flexibility index (Phi) is 3.93. The van der Waals surface area contributed by atoms with Crippen LogP contribution in [0.2, 0.25) is 0 Å². The first-order valence-corrected chi connectivity index (χ1v) is 7.22. The van der Waals surface area contributed by atoms with E-state index in [9.17, 15) is 0 Å². The molecule has 0 saturated heterocycles. The molecule has 96 valence electrons. The minimum Gasteiger partial charge on any atom is -0.300 e. The fourth-order valence-electron chi connectivity index (χ4n) is 2.39. The number of aryl methyl sites for hydroxylation is 2. The van der Waals surface area contributed by atoms with Crippen LogP contribution in [0.4, 0.5) is 0 Å². The van der Waals surface area contributed by atoms with Gasteiger partial charge in [0.1, 0.15) is 0 Å². The van der Waals surface area contributed by atoms with Gasteiger partial charge in [0.05, 0.1) is 15.9 Å². The monoisotopic (exact) mass is 299 g/mol. The minimum atomic E-state index is 0.915. The van der Waals surface area contributed by atoms with Crippen molar-refractivity contribution in [3.05, 3.63) is 15.9 Å². The van der Waals surface area contributed by atoms with E-state index in [0.717, 1.165) is 30.6 Å². The highest BCUT2D eigenvalue weighted by Gasteiger charge is 2.33. The third-order valence-corrected chi connectivity index (χ3v) is 4.73. The van der Waals surface area contributed by atoms with Crippen molar-refractivity contribution in [2.45, 2.75) is 40.3 Å². The number of aromatic nitrogens is 2. The zero-order valence-electron chi connectivity index (χ0n) is 11.2. The standard InChI is InChI=1S/C13H22BrN3/c1-5-17-12(13(14)10(3)15-17)8-16(4)7-11-6-9(11)2/h9,11H,5-8H2,1-4H3. The smallest absolute Gasteiger partial charge is 0.0739 e. The van der Waals surface area contributed by atoms with Crippen molar-refractivity contribution in [1.29, 1.82) is 0 Å². The summed E-state index contributed by atoms with van der Waals surface area (Å²) in [5, 5.41) is 4.53. The van der Waals surface area contributed by atoms with E-state index in [0.29, 0.717) is 0 Å². The quantitative estimate of drug-likeness (QED) is 0.833. The summed E-state index contributed by atoms with van der Waals surface area (Å²) in [6, 6.07) is 0. The number of hydrogen-bond acceptors (Lipinski definition) is 2. The van der Waals surface area contributed by atoms with Gasteiger partial charge in [-0.25, -0.2) is 0 Å². The molecule has 3 nitrogen and oxygen atoms in total. The van der Waals surface area contributed by atoms with Crippen LogP contribution >= 0.6 is 15.9 Å². The lowest BCUT2D eigenvalue weighted by Gasteiger charge is -2.17. The molecule has 1 heterocycles. The molecule has 0 aromatic carbocycles. The average molecular weight is 300 g/mol. The predicted octanol–water partition coefficient (Wildman–Crippen LogP) is 3.06. The van der Waals surface area contributed by atoms with Gasteiger partial charge >= 0.3 is 0 Å². The van der Waals surface area contributed by atoms with Crippen LogP contribution in [0.1, 0.15) is 31.7 Å². The van der Waals surface area contributed by atoms with Gasteiger partial charge in [0.2, 0.25) is 0 Å². The summed E-state index contributed by atoms with van der Waals surface area (Å²) >= 11 is 3.65. The molecule has 0 spiro atoms. The SMILES string of the molecule is CCn1nc(C)c(Br)c1CN(C)CC1CC1C. The van der Waals surface area contributed by atoms with Crippen molar-refractivity contribution in [3.63, 3.8) is 0 Å². The van der Waals surface area contributed by atoms with Crippen LogP contribution in [-0.2, 0) is 13.1 Å². The molecule has 1 aromatic rings. The predicted molar refractivity (Wildman–Crippen MR) is 73.9 cm³/mol. The lowest BCUT2D eigenvalue weighted by Crippen LogP contribution is -2.23. The highest BCUT2D eigenvalue weighted by atomic mass is 79.9. The van der Waals surface area contributed by atoms with Crippen LogP contribution < -0.4 is 0 Å². The van der Waals surface area contributed by atoms with E-state index >= 15 is 0 Å². The Hall–Kier alpha value is -0.350. The Morgan fingerprint density at radius 1 is 1.53 bits per heavy atom. The van der Waals surface area contributed by atoms with Crippen molar-refractivity contribution < 1.29 is 0 Å². The third-order valence-electron chi connectivity index (χ3n) is 3.69. The third kappa shape index (κ3) is 2.91. The van der Waals surface area contributed by atoms with E-state index in [-0.39, 0.29) is 0 Å². The topological polar surface area (TPSA) is 21.1 Å². The van der Waals surface area contributed by atoms with E-state index < -0.39 is 0 Å². The van der Waals surface area contributed by atoms with Crippen LogP contribution in [0.15, 0.2) is 4.47 Å². The lowest BCUT2D eigenvalue weighted by molar-refractivity contribution is 0.297. The summed E-state index contributed by atoms with van der Waals surface area (Å²) in [5.41, 5.74) is 2.40. The zero-order chi connectivity index (χ0) is 12.6. The molecule has 17 heavy (non-hydrogen) atoms. The van der Waals surface area contributed by atoms with Crippen molar-refractivity contribution in [2.75, 3.05) is 13.6 Å². The van der Waals surface area contributed by atoms with Gasteiger partial charge < -0.3 is 4.90 Å². The zero-order valence-corrected chi connectivity index (χ0v) is 12.8. The van der Waals surface area contributed by atoms with E-state index in [1.807, 2.05) is 0 Å². The molecular weight excluding hydrogens is 278 g/mol. The molecule has 1 saturated carbocycles. The Morgan fingerprint density at radius 3 is 2.71 bits per heavy atom. The van der Waals surface area contributed by atoms with Crippen molar-refractivity contribution >= 4 is 15.9 Å². The fraction of sp³-hybridized carbons (Fsp3) is 0.769. The molecule has 0 N–H and O–H groups in total. The van der Waals surface area contributed by atoms with Crippen molar-refractivity contribution in [1.82, 2.24) is 14.7 Å². The maximum atomic E-state index is 4.53. The molecular formula is C13H22BrN3. The highest BCUT2D eigenvalue weighted by molar-refractivity contribution is 9.10. The number of halogens is 1. The highest BCUT2D eigenvalue weighted by Crippen LogP contribution is 2.38. The molecule has 2 unspecified atom stereocenters. The second kappa shape index (κ2) is 5.11.